The summed E-state index contributed by atoms with van der Waals surface area (Å²) in [5.41, 5.74) is 3.36. The molecule has 34 heavy (non-hydrogen) atoms. The van der Waals surface area contributed by atoms with Crippen LogP contribution in [0.15, 0.2) is 64.0 Å². The van der Waals surface area contributed by atoms with Gasteiger partial charge in [-0.05, 0) is 47.5 Å². The summed E-state index contributed by atoms with van der Waals surface area (Å²) in [5.74, 6) is 1.83. The van der Waals surface area contributed by atoms with Crippen molar-refractivity contribution in [1.29, 1.82) is 0 Å². The third-order valence-corrected chi connectivity index (χ3v) is 6.61. The SMILES string of the molecule is COc1ccc(-c2coc3c4c(ccc3c2=O)OCN(Cc2ccc(Cl)c(Cl)c2)C4)cc1OC. The molecule has 0 unspecified atom stereocenters. The highest BCUT2D eigenvalue weighted by Crippen LogP contribution is 2.35. The maximum absolute atomic E-state index is 13.4. The Morgan fingerprint density at radius 3 is 2.56 bits per heavy atom. The van der Waals surface area contributed by atoms with Crippen molar-refractivity contribution < 1.29 is 18.6 Å². The lowest BCUT2D eigenvalue weighted by molar-refractivity contribution is 0.0890. The third-order valence-electron chi connectivity index (χ3n) is 5.87. The number of nitrogens with zero attached hydrogens (tertiary/aromatic N) is 1. The predicted molar refractivity (Wildman–Crippen MR) is 132 cm³/mol. The number of ether oxygens (including phenoxy) is 3. The fourth-order valence-electron chi connectivity index (χ4n) is 4.16. The Bertz CT molecular complexity index is 1450. The Morgan fingerprint density at radius 2 is 1.79 bits per heavy atom. The molecular weight excluding hydrogens is 477 g/mol. The molecule has 0 bridgehead atoms. The topological polar surface area (TPSA) is 61.1 Å². The van der Waals surface area contributed by atoms with Crippen LogP contribution in [0, 0.1) is 0 Å². The van der Waals surface area contributed by atoms with Crippen LogP contribution in [0.2, 0.25) is 10.0 Å². The fraction of sp³-hybridized carbons (Fsp3) is 0.192. The smallest absolute Gasteiger partial charge is 0.200 e. The highest BCUT2D eigenvalue weighted by Gasteiger charge is 2.23. The summed E-state index contributed by atoms with van der Waals surface area (Å²) in [6.07, 6.45) is 1.49. The number of methoxy groups -OCH3 is 2. The molecule has 4 aromatic rings. The van der Waals surface area contributed by atoms with Crippen LogP contribution in [0.1, 0.15) is 11.1 Å². The second kappa shape index (κ2) is 9.22. The normalized spacial score (nSPS) is 13.4. The molecule has 1 aliphatic heterocycles. The molecule has 1 aliphatic rings. The van der Waals surface area contributed by atoms with Crippen LogP contribution in [-0.2, 0) is 13.1 Å². The largest absolute Gasteiger partial charge is 0.493 e. The summed E-state index contributed by atoms with van der Waals surface area (Å²) in [7, 11) is 3.12. The average molecular weight is 498 g/mol. The highest BCUT2D eigenvalue weighted by atomic mass is 35.5. The van der Waals surface area contributed by atoms with E-state index < -0.39 is 0 Å². The Kier molecular flexibility index (Phi) is 6.13. The van der Waals surface area contributed by atoms with Crippen LogP contribution < -0.4 is 19.6 Å². The molecule has 6 nitrogen and oxygen atoms in total. The first-order valence-electron chi connectivity index (χ1n) is 10.6. The molecule has 3 aromatic carbocycles. The van der Waals surface area contributed by atoms with Crippen molar-refractivity contribution in [2.24, 2.45) is 0 Å². The molecule has 0 fully saturated rings. The number of hydrogen-bond donors (Lipinski definition) is 0. The van der Waals surface area contributed by atoms with Crippen molar-refractivity contribution in [3.8, 4) is 28.4 Å². The van der Waals surface area contributed by atoms with Crippen molar-refractivity contribution in [1.82, 2.24) is 4.90 Å². The van der Waals surface area contributed by atoms with Gasteiger partial charge in [-0.1, -0.05) is 35.3 Å². The van der Waals surface area contributed by atoms with Gasteiger partial charge in [-0.3, -0.25) is 9.69 Å². The molecule has 0 aliphatic carbocycles. The maximum Gasteiger partial charge on any atom is 0.200 e. The summed E-state index contributed by atoms with van der Waals surface area (Å²) in [6, 6.07) is 14.5. The van der Waals surface area contributed by atoms with Crippen LogP contribution in [-0.4, -0.2) is 25.9 Å². The van der Waals surface area contributed by atoms with E-state index in [0.717, 1.165) is 11.1 Å². The van der Waals surface area contributed by atoms with Crippen LogP contribution in [0.3, 0.4) is 0 Å². The van der Waals surface area contributed by atoms with E-state index in [1.807, 2.05) is 18.2 Å². The molecule has 5 rings (SSSR count). The molecule has 174 valence electrons. The van der Waals surface area contributed by atoms with Gasteiger partial charge in [-0.15, -0.1) is 0 Å². The van der Waals surface area contributed by atoms with Crippen molar-refractivity contribution in [2.75, 3.05) is 21.0 Å². The van der Waals surface area contributed by atoms with Gasteiger partial charge in [0.1, 0.15) is 24.3 Å². The van der Waals surface area contributed by atoms with Gasteiger partial charge >= 0.3 is 0 Å². The fourth-order valence-corrected chi connectivity index (χ4v) is 4.48. The molecule has 0 radical (unpaired) electrons. The molecule has 0 saturated carbocycles. The number of benzene rings is 3. The van der Waals surface area contributed by atoms with Gasteiger partial charge in [-0.2, -0.15) is 0 Å². The van der Waals surface area contributed by atoms with Crippen LogP contribution in [0.25, 0.3) is 22.1 Å². The van der Waals surface area contributed by atoms with Gasteiger partial charge in [0.25, 0.3) is 0 Å². The van der Waals surface area contributed by atoms with Crippen LogP contribution in [0.5, 0.6) is 17.2 Å². The van der Waals surface area contributed by atoms with Crippen molar-refractivity contribution in [3.05, 3.63) is 86.2 Å². The third kappa shape index (κ3) is 4.09. The molecule has 2 heterocycles. The van der Waals surface area contributed by atoms with E-state index in [-0.39, 0.29) is 5.43 Å². The van der Waals surface area contributed by atoms with Crippen molar-refractivity contribution in [3.63, 3.8) is 0 Å². The average Bonchev–Trinajstić information content (AvgIpc) is 2.86. The number of fused-ring (bicyclic) bond motifs is 3. The number of hydrogen-bond acceptors (Lipinski definition) is 6. The van der Waals surface area contributed by atoms with E-state index in [2.05, 4.69) is 4.90 Å². The molecule has 1 aromatic heterocycles. The standard InChI is InChI=1S/C26H21Cl2NO5/c1-31-23-7-4-16(10-24(23)32-2)19-13-33-26-17(25(19)30)5-8-22-18(26)12-29(14-34-22)11-15-3-6-20(27)21(28)9-15/h3-10,13H,11-12,14H2,1-2H3. The molecule has 0 N–H and O–H groups in total. The lowest BCUT2D eigenvalue weighted by Crippen LogP contribution is -2.31. The molecule has 0 amide bonds. The van der Waals surface area contributed by atoms with E-state index in [1.165, 1.54) is 6.26 Å². The minimum atomic E-state index is -0.127. The predicted octanol–water partition coefficient (Wildman–Crippen LogP) is 6.14. The second-order valence-electron chi connectivity index (χ2n) is 7.98. The Morgan fingerprint density at radius 1 is 0.971 bits per heavy atom. The summed E-state index contributed by atoms with van der Waals surface area (Å²) in [5, 5.41) is 1.52. The quantitative estimate of drug-likeness (QED) is 0.330. The minimum absolute atomic E-state index is 0.127. The molecule has 8 heteroatoms. The van der Waals surface area contributed by atoms with E-state index in [1.54, 1.807) is 44.6 Å². The van der Waals surface area contributed by atoms with Gasteiger partial charge in [0.2, 0.25) is 5.43 Å². The van der Waals surface area contributed by atoms with E-state index in [4.69, 9.17) is 41.8 Å². The maximum atomic E-state index is 13.4. The Hall–Kier alpha value is -3.19. The van der Waals surface area contributed by atoms with Crippen LogP contribution >= 0.6 is 23.2 Å². The van der Waals surface area contributed by atoms with Crippen molar-refractivity contribution >= 4 is 34.2 Å². The monoisotopic (exact) mass is 497 g/mol. The summed E-state index contributed by atoms with van der Waals surface area (Å²) in [6.45, 7) is 1.58. The lowest BCUT2D eigenvalue weighted by Gasteiger charge is -2.29. The first-order chi connectivity index (χ1) is 16.5. The molecular formula is C26H21Cl2NO5. The molecule has 0 spiro atoms. The lowest BCUT2D eigenvalue weighted by atomic mass is 10.0. The molecule has 0 saturated heterocycles. The van der Waals surface area contributed by atoms with Crippen LogP contribution in [0.4, 0.5) is 0 Å². The van der Waals surface area contributed by atoms with Gasteiger partial charge < -0.3 is 18.6 Å². The van der Waals surface area contributed by atoms with E-state index in [9.17, 15) is 4.79 Å². The zero-order valence-corrected chi connectivity index (χ0v) is 20.1. The first kappa shape index (κ1) is 22.6. The van der Waals surface area contributed by atoms with E-state index in [0.29, 0.717) is 69.2 Å². The van der Waals surface area contributed by atoms with E-state index >= 15 is 0 Å². The highest BCUT2D eigenvalue weighted by molar-refractivity contribution is 6.42. The van der Waals surface area contributed by atoms with Gasteiger partial charge in [0.05, 0.1) is 40.8 Å². The number of halogens is 2. The zero-order chi connectivity index (χ0) is 23.8. The van der Waals surface area contributed by atoms with Gasteiger partial charge in [0, 0.05) is 13.1 Å². The Labute approximate surface area is 206 Å². The summed E-state index contributed by atoms with van der Waals surface area (Å²) < 4.78 is 22.7. The number of rotatable bonds is 5. The summed E-state index contributed by atoms with van der Waals surface area (Å²) in [4.78, 5) is 15.5. The van der Waals surface area contributed by atoms with Gasteiger partial charge in [0.15, 0.2) is 11.5 Å². The Balaban J connectivity index is 1.50. The summed E-state index contributed by atoms with van der Waals surface area (Å²) >= 11 is 12.2. The molecule has 0 atom stereocenters. The van der Waals surface area contributed by atoms with Gasteiger partial charge in [-0.25, -0.2) is 0 Å². The van der Waals surface area contributed by atoms with Crippen molar-refractivity contribution in [2.45, 2.75) is 13.1 Å². The second-order valence-corrected chi connectivity index (χ2v) is 8.79. The zero-order valence-electron chi connectivity index (χ0n) is 18.6. The first-order valence-corrected chi connectivity index (χ1v) is 11.3. The minimum Gasteiger partial charge on any atom is -0.493 e.